The summed E-state index contributed by atoms with van der Waals surface area (Å²) in [5.41, 5.74) is 0. The minimum Gasteiger partial charge on any atom is -0.455 e. The maximum absolute atomic E-state index is 10.7. The molecule has 66 valence electrons. The second-order valence-electron chi connectivity index (χ2n) is 2.16. The number of rotatable bonds is 3. The molecule has 0 radical (unpaired) electrons. The van der Waals surface area contributed by atoms with Crippen LogP contribution in [0.25, 0.3) is 0 Å². The molecule has 4 heteroatoms. The Morgan fingerprint density at radius 2 is 2.25 bits per heavy atom. The van der Waals surface area contributed by atoms with Crippen LogP contribution in [0.3, 0.4) is 0 Å². The van der Waals surface area contributed by atoms with Gasteiger partial charge in [-0.3, -0.25) is 4.79 Å². The van der Waals surface area contributed by atoms with Crippen LogP contribution in [0.2, 0.25) is 0 Å². The summed E-state index contributed by atoms with van der Waals surface area (Å²) in [5.74, 6) is 3.86. The summed E-state index contributed by atoms with van der Waals surface area (Å²) < 4.78 is 8.90. The first-order chi connectivity index (χ1) is 5.66. The Hall–Kier alpha value is -1.50. The molecule has 0 bridgehead atoms. The molecular formula is C8H10O4. The molecule has 0 atom stereocenters. The van der Waals surface area contributed by atoms with Crippen LogP contribution in [0.5, 0.6) is 0 Å². The van der Waals surface area contributed by atoms with Gasteiger partial charge in [-0.05, 0) is 19.8 Å². The third kappa shape index (κ3) is 6.62. The Morgan fingerprint density at radius 1 is 1.58 bits per heavy atom. The average molecular weight is 170 g/mol. The van der Waals surface area contributed by atoms with Crippen LogP contribution in [0.4, 0.5) is 0 Å². The molecule has 0 aliphatic rings. The van der Waals surface area contributed by atoms with Crippen molar-refractivity contribution in [2.24, 2.45) is 0 Å². The molecule has 0 heterocycles. The Balaban J connectivity index is 3.64. The van der Waals surface area contributed by atoms with E-state index in [-0.39, 0.29) is 19.2 Å². The van der Waals surface area contributed by atoms with Crippen LogP contribution < -0.4 is 0 Å². The minimum atomic E-state index is -0.612. The highest BCUT2D eigenvalue weighted by Gasteiger charge is 1.98. The van der Waals surface area contributed by atoms with Crippen LogP contribution in [0.15, 0.2) is 0 Å². The summed E-state index contributed by atoms with van der Waals surface area (Å²) in [4.78, 5) is 20.3. The monoisotopic (exact) mass is 170 g/mol. The van der Waals surface area contributed by atoms with E-state index in [1.54, 1.807) is 13.8 Å². The van der Waals surface area contributed by atoms with Crippen LogP contribution in [0, 0.1) is 11.8 Å². The van der Waals surface area contributed by atoms with E-state index in [1.165, 1.54) is 0 Å². The van der Waals surface area contributed by atoms with Gasteiger partial charge in [-0.2, -0.15) is 0 Å². The average Bonchev–Trinajstić information content (AvgIpc) is 1.97. The van der Waals surface area contributed by atoms with Gasteiger partial charge < -0.3 is 9.47 Å². The molecule has 12 heavy (non-hydrogen) atoms. The normalized spacial score (nSPS) is 8.25. The third-order valence-electron chi connectivity index (χ3n) is 0.757. The molecule has 0 spiro atoms. The Morgan fingerprint density at radius 3 is 2.75 bits per heavy atom. The fourth-order valence-electron chi connectivity index (χ4n) is 0.427. The van der Waals surface area contributed by atoms with Gasteiger partial charge in [0.25, 0.3) is 6.47 Å². The van der Waals surface area contributed by atoms with E-state index in [9.17, 15) is 9.59 Å². The first-order valence-corrected chi connectivity index (χ1v) is 3.41. The molecule has 0 N–H and O–H groups in total. The molecule has 0 aromatic heterocycles. The first kappa shape index (κ1) is 10.5. The molecule has 0 saturated carbocycles. The van der Waals surface area contributed by atoms with Gasteiger partial charge in [-0.25, -0.2) is 4.79 Å². The van der Waals surface area contributed by atoms with Crippen LogP contribution in [0.1, 0.15) is 13.8 Å². The lowest BCUT2D eigenvalue weighted by Gasteiger charge is -2.01. The van der Waals surface area contributed by atoms with E-state index in [2.05, 4.69) is 21.3 Å². The highest BCUT2D eigenvalue weighted by molar-refractivity contribution is 5.88. The minimum absolute atomic E-state index is 0.0866. The van der Waals surface area contributed by atoms with Gasteiger partial charge >= 0.3 is 5.97 Å². The third-order valence-corrected chi connectivity index (χ3v) is 0.757. The summed E-state index contributed by atoms with van der Waals surface area (Å²) in [5, 5.41) is 0. The van der Waals surface area contributed by atoms with Gasteiger partial charge in [0.1, 0.15) is 0 Å². The van der Waals surface area contributed by atoms with E-state index >= 15 is 0 Å². The molecule has 0 saturated heterocycles. The van der Waals surface area contributed by atoms with Gasteiger partial charge in [0, 0.05) is 5.92 Å². The lowest BCUT2D eigenvalue weighted by molar-refractivity contribution is -0.140. The van der Waals surface area contributed by atoms with Gasteiger partial charge in [0.2, 0.25) is 0 Å². The molecule has 0 aromatic rings. The maximum atomic E-state index is 10.7. The lowest BCUT2D eigenvalue weighted by Crippen LogP contribution is -2.08. The molecule has 0 amide bonds. The fraction of sp³-hybridized carbons (Fsp3) is 0.500. The molecule has 0 fully saturated rings. The second kappa shape index (κ2) is 6.23. The number of esters is 1. The summed E-state index contributed by atoms with van der Waals surface area (Å²) in [7, 11) is 0. The Labute approximate surface area is 70.8 Å². The lowest BCUT2D eigenvalue weighted by atomic mass is 10.5. The van der Waals surface area contributed by atoms with Crippen molar-refractivity contribution in [1.82, 2.24) is 0 Å². The van der Waals surface area contributed by atoms with Crippen molar-refractivity contribution in [1.29, 1.82) is 0 Å². The van der Waals surface area contributed by atoms with E-state index < -0.39 is 5.97 Å². The molecule has 0 aromatic carbocycles. The largest absolute Gasteiger partial charge is 0.455 e. The van der Waals surface area contributed by atoms with Crippen LogP contribution >= 0.6 is 0 Å². The zero-order valence-electron chi connectivity index (χ0n) is 6.99. The van der Waals surface area contributed by atoms with Crippen molar-refractivity contribution in [3.05, 3.63) is 0 Å². The molecule has 0 aliphatic carbocycles. The van der Waals surface area contributed by atoms with E-state index in [1.807, 2.05) is 0 Å². The van der Waals surface area contributed by atoms with Crippen LogP contribution in [-0.2, 0) is 19.1 Å². The van der Waals surface area contributed by atoms with Gasteiger partial charge in [-0.15, -0.1) is 0 Å². The van der Waals surface area contributed by atoms with Gasteiger partial charge in [0.05, 0.1) is 6.10 Å². The van der Waals surface area contributed by atoms with E-state index in [4.69, 9.17) is 0 Å². The smallest absolute Gasteiger partial charge is 0.384 e. The van der Waals surface area contributed by atoms with Crippen molar-refractivity contribution in [2.45, 2.75) is 20.0 Å². The van der Waals surface area contributed by atoms with Crippen molar-refractivity contribution >= 4 is 12.4 Å². The quantitative estimate of drug-likeness (QED) is 0.198. The summed E-state index contributed by atoms with van der Waals surface area (Å²) >= 11 is 0. The van der Waals surface area contributed by atoms with Crippen LogP contribution in [-0.4, -0.2) is 25.2 Å². The number of hydrogen-bond donors (Lipinski definition) is 0. The van der Waals surface area contributed by atoms with Crippen molar-refractivity contribution in [3.63, 3.8) is 0 Å². The number of carbonyl (C=O) groups is 2. The highest BCUT2D eigenvalue weighted by Crippen LogP contribution is 1.86. The molecule has 0 unspecified atom stereocenters. The van der Waals surface area contributed by atoms with Crippen molar-refractivity contribution in [2.75, 3.05) is 6.61 Å². The predicted molar refractivity (Wildman–Crippen MR) is 41.0 cm³/mol. The summed E-state index contributed by atoms with van der Waals surface area (Å²) in [6.07, 6.45) is -0.182. The topological polar surface area (TPSA) is 52.6 Å². The number of carbonyl (C=O) groups excluding carboxylic acids is 2. The molecule has 0 rings (SSSR count). The number of hydrogen-bond acceptors (Lipinski definition) is 4. The van der Waals surface area contributed by atoms with Gasteiger partial charge in [-0.1, -0.05) is 0 Å². The Kier molecular flexibility index (Phi) is 5.45. The van der Waals surface area contributed by atoms with Crippen molar-refractivity contribution < 1.29 is 19.1 Å². The number of ether oxygens (including phenoxy) is 2. The highest BCUT2D eigenvalue weighted by atomic mass is 16.5. The van der Waals surface area contributed by atoms with Gasteiger partial charge in [0.15, 0.2) is 6.61 Å². The van der Waals surface area contributed by atoms with E-state index in [0.717, 1.165) is 0 Å². The maximum Gasteiger partial charge on any atom is 0.384 e. The standard InChI is InChI=1S/C8H10O4/c1-7(2)12-8(10)4-3-5-11-6-9/h6-7H,5H2,1-2H3. The molecular weight excluding hydrogens is 160 g/mol. The zero-order valence-corrected chi connectivity index (χ0v) is 6.99. The molecule has 0 aliphatic heterocycles. The van der Waals surface area contributed by atoms with Crippen molar-refractivity contribution in [3.8, 4) is 11.8 Å². The Bertz CT molecular complexity index is 209. The molecule has 4 nitrogen and oxygen atoms in total. The first-order valence-electron chi connectivity index (χ1n) is 3.41. The zero-order chi connectivity index (χ0) is 9.40. The fourth-order valence-corrected chi connectivity index (χ4v) is 0.427. The van der Waals surface area contributed by atoms with E-state index in [0.29, 0.717) is 0 Å². The predicted octanol–water partition coefficient (Wildman–Crippen LogP) is 0.114. The second-order valence-corrected chi connectivity index (χ2v) is 2.16. The summed E-state index contributed by atoms with van der Waals surface area (Å²) in [6.45, 7) is 3.63. The SMILES string of the molecule is CC(C)OC(=O)C#CCOC=O. The summed E-state index contributed by atoms with van der Waals surface area (Å²) in [6, 6.07) is 0.